The molecule has 0 saturated heterocycles. The van der Waals surface area contributed by atoms with Crippen molar-refractivity contribution >= 4 is 33.0 Å². The standard InChI is InChI=1S/C17H22N2O4S2/c1-4-13(2)18-16(20)12-19(14-7-9-15(23-3)10-8-14)25(21,22)17-6-5-11-24-17/h5-11,13H,4,12H2,1-3H3,(H,18,20)/t13-/m0/s1. The quantitative estimate of drug-likeness (QED) is 0.762. The number of nitrogens with zero attached hydrogens (tertiary/aromatic N) is 1. The molecule has 1 aromatic carbocycles. The molecule has 1 heterocycles. The summed E-state index contributed by atoms with van der Waals surface area (Å²) in [4.78, 5) is 12.3. The Morgan fingerprint density at radius 2 is 1.96 bits per heavy atom. The van der Waals surface area contributed by atoms with Crippen LogP contribution in [-0.2, 0) is 14.8 Å². The summed E-state index contributed by atoms with van der Waals surface area (Å²) in [6, 6.07) is 9.76. The highest BCUT2D eigenvalue weighted by Crippen LogP contribution is 2.27. The molecule has 0 saturated carbocycles. The molecule has 0 radical (unpaired) electrons. The van der Waals surface area contributed by atoms with E-state index in [-0.39, 0.29) is 22.7 Å². The van der Waals surface area contributed by atoms with E-state index in [0.717, 1.165) is 22.1 Å². The Morgan fingerprint density at radius 1 is 1.28 bits per heavy atom. The minimum absolute atomic E-state index is 0.0188. The Balaban J connectivity index is 2.35. The Morgan fingerprint density at radius 3 is 2.48 bits per heavy atom. The van der Waals surface area contributed by atoms with Crippen LogP contribution >= 0.6 is 11.3 Å². The van der Waals surface area contributed by atoms with E-state index in [0.29, 0.717) is 11.4 Å². The predicted molar refractivity (Wildman–Crippen MR) is 99.7 cm³/mol. The number of nitrogens with one attached hydrogen (secondary N) is 1. The van der Waals surface area contributed by atoms with Crippen LogP contribution in [0.1, 0.15) is 20.3 Å². The van der Waals surface area contributed by atoms with E-state index >= 15 is 0 Å². The van der Waals surface area contributed by atoms with E-state index in [1.807, 2.05) is 13.8 Å². The van der Waals surface area contributed by atoms with Crippen LogP contribution in [0.5, 0.6) is 5.75 Å². The van der Waals surface area contributed by atoms with Gasteiger partial charge in [0.2, 0.25) is 5.91 Å². The van der Waals surface area contributed by atoms with Gasteiger partial charge in [0, 0.05) is 6.04 Å². The molecule has 1 aromatic heterocycles. The van der Waals surface area contributed by atoms with Crippen LogP contribution in [0.2, 0.25) is 0 Å². The molecule has 0 aliphatic rings. The fourth-order valence-electron chi connectivity index (χ4n) is 2.14. The van der Waals surface area contributed by atoms with Crippen molar-refractivity contribution in [2.45, 2.75) is 30.5 Å². The van der Waals surface area contributed by atoms with E-state index in [2.05, 4.69) is 5.32 Å². The lowest BCUT2D eigenvalue weighted by atomic mass is 10.2. The minimum Gasteiger partial charge on any atom is -0.497 e. The maximum atomic E-state index is 13.0. The van der Waals surface area contributed by atoms with Crippen molar-refractivity contribution in [2.75, 3.05) is 18.0 Å². The molecule has 1 N–H and O–H groups in total. The largest absolute Gasteiger partial charge is 0.497 e. The molecule has 1 atom stereocenters. The highest BCUT2D eigenvalue weighted by molar-refractivity contribution is 7.94. The lowest BCUT2D eigenvalue weighted by Crippen LogP contribution is -2.43. The number of thiophene rings is 1. The van der Waals surface area contributed by atoms with Crippen LogP contribution in [0.25, 0.3) is 0 Å². The van der Waals surface area contributed by atoms with Gasteiger partial charge in [-0.15, -0.1) is 11.3 Å². The fraction of sp³-hybridized carbons (Fsp3) is 0.353. The highest BCUT2D eigenvalue weighted by Gasteiger charge is 2.28. The first kappa shape index (κ1) is 19.3. The smallest absolute Gasteiger partial charge is 0.274 e. The van der Waals surface area contributed by atoms with Gasteiger partial charge in [0.1, 0.15) is 16.5 Å². The maximum Gasteiger partial charge on any atom is 0.274 e. The van der Waals surface area contributed by atoms with E-state index < -0.39 is 10.0 Å². The first-order chi connectivity index (χ1) is 11.9. The number of amides is 1. The number of benzene rings is 1. The molecule has 0 aliphatic carbocycles. The van der Waals surface area contributed by atoms with E-state index in [1.165, 1.54) is 13.2 Å². The summed E-state index contributed by atoms with van der Waals surface area (Å²) in [6.45, 7) is 3.55. The van der Waals surface area contributed by atoms with Crippen molar-refractivity contribution in [3.05, 3.63) is 41.8 Å². The van der Waals surface area contributed by atoms with Gasteiger partial charge in [-0.3, -0.25) is 9.10 Å². The Bertz CT molecular complexity index is 787. The van der Waals surface area contributed by atoms with Crippen LogP contribution in [0.4, 0.5) is 5.69 Å². The molecular weight excluding hydrogens is 360 g/mol. The van der Waals surface area contributed by atoms with Crippen molar-refractivity contribution in [3.8, 4) is 5.75 Å². The lowest BCUT2D eigenvalue weighted by molar-refractivity contribution is -0.120. The summed E-state index contributed by atoms with van der Waals surface area (Å²) in [7, 11) is -2.28. The number of hydrogen-bond acceptors (Lipinski definition) is 5. The van der Waals surface area contributed by atoms with E-state index in [4.69, 9.17) is 4.74 Å². The first-order valence-corrected chi connectivity index (χ1v) is 10.2. The van der Waals surface area contributed by atoms with Crippen LogP contribution in [0.3, 0.4) is 0 Å². The molecule has 0 bridgehead atoms. The predicted octanol–water partition coefficient (Wildman–Crippen LogP) is 2.87. The molecule has 6 nitrogen and oxygen atoms in total. The third kappa shape index (κ3) is 4.73. The Labute approximate surface area is 152 Å². The van der Waals surface area contributed by atoms with Gasteiger partial charge in [0.15, 0.2) is 0 Å². The van der Waals surface area contributed by atoms with Gasteiger partial charge >= 0.3 is 0 Å². The van der Waals surface area contributed by atoms with E-state index in [9.17, 15) is 13.2 Å². The molecule has 8 heteroatoms. The first-order valence-electron chi connectivity index (χ1n) is 7.88. The maximum absolute atomic E-state index is 13.0. The zero-order chi connectivity index (χ0) is 18.4. The third-order valence-electron chi connectivity index (χ3n) is 3.71. The highest BCUT2D eigenvalue weighted by atomic mass is 32.2. The van der Waals surface area contributed by atoms with Crippen LogP contribution in [-0.4, -0.2) is 34.0 Å². The van der Waals surface area contributed by atoms with Crippen LogP contribution < -0.4 is 14.4 Å². The third-order valence-corrected chi connectivity index (χ3v) is 6.85. The fourth-order valence-corrected chi connectivity index (χ4v) is 4.66. The molecule has 0 spiro atoms. The van der Waals surface area contributed by atoms with Gasteiger partial charge < -0.3 is 10.1 Å². The van der Waals surface area contributed by atoms with Gasteiger partial charge in [-0.05, 0) is 49.1 Å². The molecule has 25 heavy (non-hydrogen) atoms. The molecule has 136 valence electrons. The molecule has 0 unspecified atom stereocenters. The van der Waals surface area contributed by atoms with Crippen molar-refractivity contribution in [1.82, 2.24) is 5.32 Å². The van der Waals surface area contributed by atoms with Gasteiger partial charge in [-0.25, -0.2) is 8.42 Å². The average Bonchev–Trinajstić information content (AvgIpc) is 3.15. The van der Waals surface area contributed by atoms with E-state index in [1.54, 1.807) is 35.7 Å². The number of anilines is 1. The summed E-state index contributed by atoms with van der Waals surface area (Å²) in [5.41, 5.74) is 0.411. The normalized spacial score (nSPS) is 12.4. The van der Waals surface area contributed by atoms with Crippen molar-refractivity contribution in [1.29, 1.82) is 0 Å². The summed E-state index contributed by atoms with van der Waals surface area (Å²) < 4.78 is 32.4. The Hall–Kier alpha value is -2.06. The number of methoxy groups -OCH3 is 1. The summed E-state index contributed by atoms with van der Waals surface area (Å²) in [5, 5.41) is 4.50. The SMILES string of the molecule is CC[C@H](C)NC(=O)CN(c1ccc(OC)cc1)S(=O)(=O)c1cccs1. The van der Waals surface area contributed by atoms with Crippen molar-refractivity contribution in [2.24, 2.45) is 0 Å². The molecule has 1 amide bonds. The number of sulfonamides is 1. The molecular formula is C17H22N2O4S2. The molecule has 0 fully saturated rings. The topological polar surface area (TPSA) is 75.7 Å². The minimum atomic E-state index is -3.82. The number of carbonyl (C=O) groups is 1. The number of ether oxygens (including phenoxy) is 1. The summed E-state index contributed by atoms with van der Waals surface area (Å²) in [6.07, 6.45) is 0.770. The zero-order valence-corrected chi connectivity index (χ0v) is 16.1. The molecule has 0 aliphatic heterocycles. The average molecular weight is 383 g/mol. The lowest BCUT2D eigenvalue weighted by Gasteiger charge is -2.24. The van der Waals surface area contributed by atoms with Crippen LogP contribution in [0, 0.1) is 0 Å². The monoisotopic (exact) mass is 382 g/mol. The second kappa shape index (κ2) is 8.35. The van der Waals surface area contributed by atoms with Crippen molar-refractivity contribution < 1.29 is 17.9 Å². The molecule has 2 aromatic rings. The second-order valence-electron chi connectivity index (χ2n) is 5.52. The van der Waals surface area contributed by atoms with Gasteiger partial charge in [0.05, 0.1) is 12.8 Å². The molecule has 2 rings (SSSR count). The van der Waals surface area contributed by atoms with Gasteiger partial charge in [0.25, 0.3) is 10.0 Å². The summed E-state index contributed by atoms with van der Waals surface area (Å²) >= 11 is 1.12. The van der Waals surface area contributed by atoms with Gasteiger partial charge in [-0.2, -0.15) is 0 Å². The number of hydrogen-bond donors (Lipinski definition) is 1. The van der Waals surface area contributed by atoms with Crippen molar-refractivity contribution in [3.63, 3.8) is 0 Å². The second-order valence-corrected chi connectivity index (χ2v) is 8.56. The number of rotatable bonds is 8. The van der Waals surface area contributed by atoms with Gasteiger partial charge in [-0.1, -0.05) is 13.0 Å². The van der Waals surface area contributed by atoms with Crippen LogP contribution in [0.15, 0.2) is 46.0 Å². The zero-order valence-electron chi connectivity index (χ0n) is 14.4. The Kier molecular flexibility index (Phi) is 6.44. The number of carbonyl (C=O) groups excluding carboxylic acids is 1. The summed E-state index contributed by atoms with van der Waals surface area (Å²) in [5.74, 6) is 0.270.